The Kier molecular flexibility index (Phi) is 7.06. The monoisotopic (exact) mass is 482 g/mol. The molecule has 1 saturated carbocycles. The zero-order valence-electron chi connectivity index (χ0n) is 19.2. The maximum Gasteiger partial charge on any atom is 0.321 e. The Balaban J connectivity index is 1.64. The molecule has 0 spiro atoms. The van der Waals surface area contributed by atoms with Crippen LogP contribution in [0.1, 0.15) is 25.3 Å². The fraction of sp³-hybridized carbons (Fsp3) is 0.333. The molecule has 0 radical (unpaired) electrons. The van der Waals surface area contributed by atoms with Crippen LogP contribution in [-0.2, 0) is 11.3 Å². The van der Waals surface area contributed by atoms with Gasteiger partial charge in [0.25, 0.3) is 5.56 Å². The average molecular weight is 483 g/mol. The minimum absolute atomic E-state index is 0.143. The van der Waals surface area contributed by atoms with Gasteiger partial charge in [-0.2, -0.15) is 0 Å². The van der Waals surface area contributed by atoms with Crippen molar-refractivity contribution < 1.29 is 19.1 Å². The maximum atomic E-state index is 13.4. The van der Waals surface area contributed by atoms with Crippen LogP contribution < -0.4 is 25.7 Å². The number of ether oxygens (including phenoxy) is 2. The Bertz CT molecular complexity index is 1290. The lowest BCUT2D eigenvalue weighted by Gasteiger charge is -2.17. The molecule has 1 aromatic heterocycles. The molecule has 10 heteroatoms. The van der Waals surface area contributed by atoms with E-state index in [1.165, 1.54) is 4.57 Å². The smallest absolute Gasteiger partial charge is 0.321 e. The predicted octanol–water partition coefficient (Wildman–Crippen LogP) is 2.93. The zero-order chi connectivity index (χ0) is 24.2. The molecule has 1 aliphatic rings. The van der Waals surface area contributed by atoms with Crippen LogP contribution in [0.2, 0.25) is 0 Å². The van der Waals surface area contributed by atoms with Crippen molar-refractivity contribution in [1.29, 1.82) is 0 Å². The number of carbonyl (C=O) groups is 2. The van der Waals surface area contributed by atoms with E-state index in [0.717, 1.165) is 30.2 Å². The summed E-state index contributed by atoms with van der Waals surface area (Å²) >= 11 is 1.12. The summed E-state index contributed by atoms with van der Waals surface area (Å²) in [6.07, 6.45) is 1.85. The van der Waals surface area contributed by atoms with Crippen molar-refractivity contribution in [3.8, 4) is 11.5 Å². The number of amides is 3. The van der Waals surface area contributed by atoms with Crippen LogP contribution in [0, 0.1) is 0 Å². The van der Waals surface area contributed by atoms with Crippen molar-refractivity contribution in [1.82, 2.24) is 20.2 Å². The highest BCUT2D eigenvalue weighted by Crippen LogP contribution is 2.29. The number of aromatic nitrogens is 2. The first-order valence-corrected chi connectivity index (χ1v) is 11.8. The predicted molar refractivity (Wildman–Crippen MR) is 130 cm³/mol. The van der Waals surface area contributed by atoms with Crippen LogP contribution in [-0.4, -0.2) is 47.0 Å². The van der Waals surface area contributed by atoms with Crippen LogP contribution in [0.5, 0.6) is 11.5 Å². The number of benzene rings is 2. The largest absolute Gasteiger partial charge is 0.493 e. The zero-order valence-corrected chi connectivity index (χ0v) is 20.0. The van der Waals surface area contributed by atoms with Crippen molar-refractivity contribution in [3.05, 3.63) is 58.4 Å². The van der Waals surface area contributed by atoms with Crippen molar-refractivity contribution in [3.63, 3.8) is 0 Å². The minimum atomic E-state index is -0.658. The highest BCUT2D eigenvalue weighted by atomic mass is 32.2. The fourth-order valence-corrected chi connectivity index (χ4v) is 4.32. The summed E-state index contributed by atoms with van der Waals surface area (Å²) in [6.45, 7) is 1.89. The molecule has 1 atom stereocenters. The second-order valence-corrected chi connectivity index (χ2v) is 9.30. The van der Waals surface area contributed by atoms with Gasteiger partial charge in [-0.25, -0.2) is 9.78 Å². The van der Waals surface area contributed by atoms with E-state index < -0.39 is 17.2 Å². The van der Waals surface area contributed by atoms with Gasteiger partial charge < -0.3 is 14.8 Å². The number of rotatable bonds is 8. The summed E-state index contributed by atoms with van der Waals surface area (Å²) < 4.78 is 12.2. The molecule has 3 amide bonds. The summed E-state index contributed by atoms with van der Waals surface area (Å²) in [4.78, 5) is 42.6. The molecule has 1 unspecified atom stereocenters. The van der Waals surface area contributed by atoms with Crippen molar-refractivity contribution in [2.75, 3.05) is 14.2 Å². The number of nitrogens with one attached hydrogen (secondary N) is 2. The van der Waals surface area contributed by atoms with Crippen molar-refractivity contribution >= 4 is 34.6 Å². The lowest BCUT2D eigenvalue weighted by molar-refractivity contribution is -0.119. The molecule has 4 rings (SSSR count). The number of carbonyl (C=O) groups excluding carboxylic acids is 2. The number of fused-ring (bicyclic) bond motifs is 1. The van der Waals surface area contributed by atoms with Crippen molar-refractivity contribution in [2.45, 2.75) is 42.8 Å². The number of para-hydroxylation sites is 1. The number of hydrogen-bond acceptors (Lipinski definition) is 7. The Morgan fingerprint density at radius 1 is 1.15 bits per heavy atom. The van der Waals surface area contributed by atoms with Crippen molar-refractivity contribution in [2.24, 2.45) is 0 Å². The van der Waals surface area contributed by atoms with Crippen LogP contribution in [0.25, 0.3) is 10.9 Å². The van der Waals surface area contributed by atoms with Gasteiger partial charge in [0, 0.05) is 6.04 Å². The molecule has 1 heterocycles. The molecule has 1 aliphatic carbocycles. The first kappa shape index (κ1) is 23.6. The topological polar surface area (TPSA) is 112 Å². The Labute approximate surface area is 200 Å². The van der Waals surface area contributed by atoms with Gasteiger partial charge >= 0.3 is 6.03 Å². The van der Waals surface area contributed by atoms with E-state index >= 15 is 0 Å². The number of imide groups is 1. The second-order valence-electron chi connectivity index (χ2n) is 7.99. The normalized spacial score (nSPS) is 13.9. The third-order valence-corrected chi connectivity index (χ3v) is 6.51. The van der Waals surface area contributed by atoms with Crippen LogP contribution in [0.4, 0.5) is 4.79 Å². The summed E-state index contributed by atoms with van der Waals surface area (Å²) in [5.74, 6) is 0.674. The highest BCUT2D eigenvalue weighted by molar-refractivity contribution is 8.00. The molecule has 34 heavy (non-hydrogen) atoms. The lowest BCUT2D eigenvalue weighted by atomic mass is 10.2. The van der Waals surface area contributed by atoms with Gasteiger partial charge in [0.05, 0.1) is 36.9 Å². The first-order valence-electron chi connectivity index (χ1n) is 10.9. The Hall–Kier alpha value is -3.53. The molecule has 2 N–H and O–H groups in total. The molecular formula is C24H26N4O5S. The fourth-order valence-electron chi connectivity index (χ4n) is 3.41. The summed E-state index contributed by atoms with van der Waals surface area (Å²) in [5.41, 5.74) is 1.12. The molecule has 0 aliphatic heterocycles. The second kappa shape index (κ2) is 10.2. The third-order valence-electron chi connectivity index (χ3n) is 5.42. The molecular weight excluding hydrogens is 456 g/mol. The third kappa shape index (κ3) is 5.33. The Morgan fingerprint density at radius 2 is 1.88 bits per heavy atom. The van der Waals surface area contributed by atoms with Gasteiger partial charge in [-0.15, -0.1) is 0 Å². The number of thioether (sulfide) groups is 1. The number of nitrogens with zero attached hydrogens (tertiary/aromatic N) is 2. The molecule has 178 valence electrons. The Morgan fingerprint density at radius 3 is 2.59 bits per heavy atom. The molecule has 3 aromatic rings. The van der Waals surface area contributed by atoms with Crippen LogP contribution in [0.15, 0.2) is 52.4 Å². The molecule has 9 nitrogen and oxygen atoms in total. The van der Waals surface area contributed by atoms with Gasteiger partial charge in [0.1, 0.15) is 0 Å². The summed E-state index contributed by atoms with van der Waals surface area (Å²) in [6, 6.07) is 12.1. The van der Waals surface area contributed by atoms with Gasteiger partial charge in [-0.05, 0) is 49.6 Å². The highest BCUT2D eigenvalue weighted by Gasteiger charge is 2.26. The van der Waals surface area contributed by atoms with E-state index in [1.54, 1.807) is 57.5 Å². The van der Waals surface area contributed by atoms with Gasteiger partial charge in [0.2, 0.25) is 5.91 Å². The molecule has 0 bridgehead atoms. The first-order chi connectivity index (χ1) is 16.4. The van der Waals surface area contributed by atoms with Crippen LogP contribution >= 0.6 is 11.8 Å². The average Bonchev–Trinajstić information content (AvgIpc) is 3.65. The molecule has 2 aromatic carbocycles. The van der Waals surface area contributed by atoms with E-state index in [1.807, 2.05) is 6.07 Å². The quantitative estimate of drug-likeness (QED) is 0.375. The van der Waals surface area contributed by atoms with Gasteiger partial charge in [-0.1, -0.05) is 30.0 Å². The minimum Gasteiger partial charge on any atom is -0.493 e. The number of methoxy groups -OCH3 is 2. The molecule has 0 saturated heterocycles. The standard InChI is InChI=1S/C24H26N4O5S/c1-14(21(29)27-23(31)25-16-9-10-16)34-24-26-18-7-5-4-6-17(18)22(30)28(24)13-15-8-11-19(32-2)20(12-15)33-3/h4-8,11-12,14,16H,9-10,13H2,1-3H3,(H2,25,27,29,31). The summed E-state index contributed by atoms with van der Waals surface area (Å²) in [7, 11) is 3.10. The maximum absolute atomic E-state index is 13.4. The van der Waals surface area contributed by atoms with Gasteiger partial charge in [0.15, 0.2) is 16.7 Å². The van der Waals surface area contributed by atoms with Gasteiger partial charge in [-0.3, -0.25) is 19.5 Å². The van der Waals surface area contributed by atoms with E-state index in [0.29, 0.717) is 27.6 Å². The SMILES string of the molecule is COc1ccc(Cn2c(SC(C)C(=O)NC(=O)NC3CC3)nc3ccccc3c2=O)cc1OC. The summed E-state index contributed by atoms with van der Waals surface area (Å²) in [5, 5.41) is 5.29. The lowest BCUT2D eigenvalue weighted by Crippen LogP contribution is -2.43. The number of hydrogen-bond donors (Lipinski definition) is 2. The number of urea groups is 1. The van der Waals surface area contributed by atoms with E-state index in [-0.39, 0.29) is 18.1 Å². The van der Waals surface area contributed by atoms with E-state index in [9.17, 15) is 14.4 Å². The van der Waals surface area contributed by atoms with Crippen LogP contribution in [0.3, 0.4) is 0 Å². The van der Waals surface area contributed by atoms with E-state index in [4.69, 9.17) is 9.47 Å². The van der Waals surface area contributed by atoms with E-state index in [2.05, 4.69) is 15.6 Å². The molecule has 1 fully saturated rings.